The Morgan fingerprint density at radius 1 is 1.00 bits per heavy atom. The number of anilines is 1. The summed E-state index contributed by atoms with van der Waals surface area (Å²) in [5.74, 6) is -0.925. The number of rotatable bonds is 8. The standard InChI is InChI=1S/C26H20N8O5/c1-37-19-14-8-13-18(22(19)38-26(36)17-11-6-3-7-12-17)15-28-30-25(35)21-20(16-9-4-2-5-10-16)29-33-34(21)24-23(27)31-39-32-24/h2-15H,1H3,(H2,27,31)(H,30,35)/b28-15+. The number of methoxy groups -OCH3 is 1. The fourth-order valence-electron chi connectivity index (χ4n) is 3.61. The SMILES string of the molecule is COc1cccc(/C=N/NC(=O)c2c(-c3ccccc3)nnn2-c2nonc2N)c1OC(=O)c1ccccc1. The van der Waals surface area contributed by atoms with Gasteiger partial charge >= 0.3 is 5.97 Å². The number of hydrogen-bond acceptors (Lipinski definition) is 11. The molecule has 0 unspecified atom stereocenters. The van der Waals surface area contributed by atoms with Gasteiger partial charge in [-0.3, -0.25) is 4.79 Å². The van der Waals surface area contributed by atoms with E-state index < -0.39 is 11.9 Å². The van der Waals surface area contributed by atoms with Gasteiger partial charge < -0.3 is 15.2 Å². The molecule has 3 aromatic carbocycles. The molecule has 0 aliphatic rings. The number of hydrogen-bond donors (Lipinski definition) is 2. The van der Waals surface area contributed by atoms with Gasteiger partial charge in [0, 0.05) is 11.1 Å². The number of carbonyl (C=O) groups is 2. The Bertz CT molecular complexity index is 1650. The van der Waals surface area contributed by atoms with Crippen LogP contribution in [0.4, 0.5) is 5.82 Å². The van der Waals surface area contributed by atoms with E-state index >= 15 is 0 Å². The summed E-state index contributed by atoms with van der Waals surface area (Å²) in [5, 5.41) is 19.5. The third-order valence-electron chi connectivity index (χ3n) is 5.43. The molecule has 0 atom stereocenters. The summed E-state index contributed by atoms with van der Waals surface area (Å²) < 4.78 is 16.7. The molecule has 5 rings (SSSR count). The van der Waals surface area contributed by atoms with Crippen molar-refractivity contribution in [1.82, 2.24) is 30.7 Å². The highest BCUT2D eigenvalue weighted by atomic mass is 16.6. The van der Waals surface area contributed by atoms with Crippen LogP contribution in [0, 0.1) is 0 Å². The number of ether oxygens (including phenoxy) is 2. The summed E-state index contributed by atoms with van der Waals surface area (Å²) in [6, 6.07) is 22.4. The van der Waals surface area contributed by atoms with Gasteiger partial charge in [0.2, 0.25) is 11.6 Å². The van der Waals surface area contributed by atoms with Crippen molar-refractivity contribution in [1.29, 1.82) is 0 Å². The average Bonchev–Trinajstić information content (AvgIpc) is 3.60. The third-order valence-corrected chi connectivity index (χ3v) is 5.43. The van der Waals surface area contributed by atoms with Gasteiger partial charge in [0.1, 0.15) is 5.69 Å². The molecule has 13 nitrogen and oxygen atoms in total. The second-order valence-corrected chi connectivity index (χ2v) is 7.87. The number of amides is 1. The van der Waals surface area contributed by atoms with Crippen molar-refractivity contribution >= 4 is 23.9 Å². The van der Waals surface area contributed by atoms with Crippen LogP contribution in [-0.4, -0.2) is 50.5 Å². The maximum atomic E-state index is 13.3. The molecule has 194 valence electrons. The number of nitrogens with one attached hydrogen (secondary N) is 1. The van der Waals surface area contributed by atoms with Crippen molar-refractivity contribution in [3.8, 4) is 28.6 Å². The van der Waals surface area contributed by atoms with Crippen molar-refractivity contribution in [3.05, 3.63) is 95.7 Å². The van der Waals surface area contributed by atoms with Gasteiger partial charge in [-0.05, 0) is 34.6 Å². The molecule has 13 heteroatoms. The zero-order chi connectivity index (χ0) is 27.2. The molecule has 39 heavy (non-hydrogen) atoms. The first-order valence-electron chi connectivity index (χ1n) is 11.4. The smallest absolute Gasteiger partial charge is 0.343 e. The Morgan fingerprint density at radius 3 is 2.44 bits per heavy atom. The Hall–Kier alpha value is -5.85. The Balaban J connectivity index is 1.44. The predicted molar refractivity (Wildman–Crippen MR) is 139 cm³/mol. The highest BCUT2D eigenvalue weighted by molar-refractivity contribution is 5.99. The Morgan fingerprint density at radius 2 is 1.74 bits per heavy atom. The monoisotopic (exact) mass is 524 g/mol. The summed E-state index contributed by atoms with van der Waals surface area (Å²) in [7, 11) is 1.45. The molecular formula is C26H20N8O5. The predicted octanol–water partition coefficient (Wildman–Crippen LogP) is 2.89. The van der Waals surface area contributed by atoms with Crippen molar-refractivity contribution < 1.29 is 23.7 Å². The number of nitrogens with two attached hydrogens (primary N) is 1. The van der Waals surface area contributed by atoms with E-state index in [1.54, 1.807) is 72.8 Å². The van der Waals surface area contributed by atoms with Crippen LogP contribution in [0.1, 0.15) is 26.4 Å². The molecular weight excluding hydrogens is 504 g/mol. The van der Waals surface area contributed by atoms with Gasteiger partial charge in [-0.15, -0.1) is 5.10 Å². The zero-order valence-electron chi connectivity index (χ0n) is 20.4. The zero-order valence-corrected chi connectivity index (χ0v) is 20.4. The molecule has 1 amide bonds. The van der Waals surface area contributed by atoms with Crippen LogP contribution in [0.5, 0.6) is 11.5 Å². The van der Waals surface area contributed by atoms with E-state index in [4.69, 9.17) is 15.2 Å². The second-order valence-electron chi connectivity index (χ2n) is 7.87. The van der Waals surface area contributed by atoms with Crippen molar-refractivity contribution in [2.45, 2.75) is 0 Å². The Labute approximate surface area is 220 Å². The summed E-state index contributed by atoms with van der Waals surface area (Å²) in [6.45, 7) is 0. The van der Waals surface area contributed by atoms with Crippen LogP contribution >= 0.6 is 0 Å². The number of esters is 1. The maximum Gasteiger partial charge on any atom is 0.343 e. The topological polar surface area (TPSA) is 173 Å². The van der Waals surface area contributed by atoms with Crippen LogP contribution in [0.2, 0.25) is 0 Å². The van der Waals surface area contributed by atoms with E-state index in [2.05, 4.69) is 35.8 Å². The minimum Gasteiger partial charge on any atom is -0.493 e. The van der Waals surface area contributed by atoms with Crippen LogP contribution in [0.15, 0.2) is 88.6 Å². The van der Waals surface area contributed by atoms with E-state index in [0.29, 0.717) is 22.4 Å². The molecule has 0 aliphatic heterocycles. The maximum absolute atomic E-state index is 13.3. The number of carbonyl (C=O) groups excluding carboxylic acids is 2. The van der Waals surface area contributed by atoms with Crippen LogP contribution in [-0.2, 0) is 0 Å². The average molecular weight is 524 g/mol. The largest absolute Gasteiger partial charge is 0.493 e. The number of para-hydroxylation sites is 1. The lowest BCUT2D eigenvalue weighted by Crippen LogP contribution is -2.23. The molecule has 0 bridgehead atoms. The van der Waals surface area contributed by atoms with Crippen molar-refractivity contribution in [2.24, 2.45) is 5.10 Å². The lowest BCUT2D eigenvalue weighted by Gasteiger charge is -2.11. The molecule has 0 saturated carbocycles. The number of nitrogens with zero attached hydrogens (tertiary/aromatic N) is 6. The highest BCUT2D eigenvalue weighted by Gasteiger charge is 2.26. The second kappa shape index (κ2) is 11.0. The van der Waals surface area contributed by atoms with E-state index in [1.807, 2.05) is 6.07 Å². The van der Waals surface area contributed by atoms with E-state index in [1.165, 1.54) is 13.3 Å². The normalized spacial score (nSPS) is 10.9. The molecule has 2 heterocycles. The molecule has 0 fully saturated rings. The van der Waals surface area contributed by atoms with Gasteiger partial charge in [-0.25, -0.2) is 14.8 Å². The summed E-state index contributed by atoms with van der Waals surface area (Å²) in [6.07, 6.45) is 1.32. The van der Waals surface area contributed by atoms with Gasteiger partial charge in [0.15, 0.2) is 17.2 Å². The fraction of sp³-hybridized carbons (Fsp3) is 0.0385. The number of aromatic nitrogens is 5. The van der Waals surface area contributed by atoms with Crippen molar-refractivity contribution in [2.75, 3.05) is 12.8 Å². The quantitative estimate of drug-likeness (QED) is 0.133. The van der Waals surface area contributed by atoms with Gasteiger partial charge in [0.25, 0.3) is 5.91 Å². The number of hydrazone groups is 1. The Kier molecular flexibility index (Phi) is 7.03. The van der Waals surface area contributed by atoms with E-state index in [0.717, 1.165) is 4.68 Å². The first-order chi connectivity index (χ1) is 19.1. The van der Waals surface area contributed by atoms with Gasteiger partial charge in [0.05, 0.1) is 18.9 Å². The molecule has 2 aromatic heterocycles. The minimum atomic E-state index is -0.678. The summed E-state index contributed by atoms with van der Waals surface area (Å²) >= 11 is 0. The number of benzene rings is 3. The first-order valence-corrected chi connectivity index (χ1v) is 11.4. The molecule has 5 aromatic rings. The molecule has 3 N–H and O–H groups in total. The van der Waals surface area contributed by atoms with Crippen molar-refractivity contribution in [3.63, 3.8) is 0 Å². The third kappa shape index (κ3) is 5.17. The van der Waals surface area contributed by atoms with E-state index in [9.17, 15) is 9.59 Å². The van der Waals surface area contributed by atoms with E-state index in [-0.39, 0.29) is 28.8 Å². The van der Waals surface area contributed by atoms with Crippen LogP contribution < -0.4 is 20.6 Å². The highest BCUT2D eigenvalue weighted by Crippen LogP contribution is 2.31. The lowest BCUT2D eigenvalue weighted by atomic mass is 10.1. The van der Waals surface area contributed by atoms with Crippen LogP contribution in [0.3, 0.4) is 0 Å². The molecule has 0 radical (unpaired) electrons. The molecule has 0 aliphatic carbocycles. The summed E-state index contributed by atoms with van der Waals surface area (Å²) in [5.41, 5.74) is 9.86. The fourth-order valence-corrected chi connectivity index (χ4v) is 3.61. The number of nitrogen functional groups attached to an aromatic ring is 1. The molecule has 0 spiro atoms. The summed E-state index contributed by atoms with van der Waals surface area (Å²) in [4.78, 5) is 26.0. The van der Waals surface area contributed by atoms with Gasteiger partial charge in [-0.2, -0.15) is 9.78 Å². The molecule has 0 saturated heterocycles. The lowest BCUT2D eigenvalue weighted by molar-refractivity contribution is 0.0729. The van der Waals surface area contributed by atoms with Gasteiger partial charge in [-0.1, -0.05) is 59.8 Å². The minimum absolute atomic E-state index is 0.0119. The van der Waals surface area contributed by atoms with Crippen LogP contribution in [0.25, 0.3) is 17.1 Å². The first kappa shape index (κ1) is 24.8.